The van der Waals surface area contributed by atoms with Gasteiger partial charge in [0.15, 0.2) is 0 Å². The Labute approximate surface area is 106 Å². The normalized spacial score (nSPS) is 17.6. The lowest BCUT2D eigenvalue weighted by Gasteiger charge is -2.01. The first-order valence-electron chi connectivity index (χ1n) is 5.72. The Morgan fingerprint density at radius 3 is 1.22 bits per heavy atom. The molecule has 2 aliphatic heterocycles. The van der Waals surface area contributed by atoms with Crippen molar-refractivity contribution in [2.45, 2.75) is 26.7 Å². The molecule has 2 heterocycles. The van der Waals surface area contributed by atoms with Crippen molar-refractivity contribution in [3.05, 3.63) is 12.2 Å². The first-order chi connectivity index (χ1) is 8.43. The number of rotatable bonds is 0. The van der Waals surface area contributed by atoms with Crippen molar-refractivity contribution in [1.82, 2.24) is 9.80 Å². The highest BCUT2D eigenvalue weighted by molar-refractivity contribution is 6.12. The minimum absolute atomic E-state index is 0.0602. The van der Waals surface area contributed by atoms with Gasteiger partial charge in [0.05, 0.1) is 0 Å². The second-order valence-corrected chi connectivity index (χ2v) is 3.42. The predicted octanol–water partition coefficient (Wildman–Crippen LogP) is 0.333. The van der Waals surface area contributed by atoms with E-state index in [4.69, 9.17) is 0 Å². The summed E-state index contributed by atoms with van der Waals surface area (Å²) in [5.74, 6) is -0.602. The van der Waals surface area contributed by atoms with Crippen molar-refractivity contribution in [3.8, 4) is 0 Å². The monoisotopic (exact) mass is 254 g/mol. The number of imide groups is 2. The van der Waals surface area contributed by atoms with Gasteiger partial charge >= 0.3 is 0 Å². The number of amides is 4. The Bertz CT molecular complexity index is 354. The lowest BCUT2D eigenvalue weighted by molar-refractivity contribution is -0.137. The molecule has 1 fully saturated rings. The molecule has 0 aromatic heterocycles. The minimum atomic E-state index is -0.241. The van der Waals surface area contributed by atoms with Crippen LogP contribution in [0, 0.1) is 0 Å². The topological polar surface area (TPSA) is 74.8 Å². The van der Waals surface area contributed by atoms with Crippen LogP contribution in [0.5, 0.6) is 0 Å². The van der Waals surface area contributed by atoms with Gasteiger partial charge in [-0.15, -0.1) is 0 Å². The Balaban J connectivity index is 0.000000283. The van der Waals surface area contributed by atoms with E-state index in [2.05, 4.69) is 0 Å². The lowest BCUT2D eigenvalue weighted by Crippen LogP contribution is -2.24. The smallest absolute Gasteiger partial charge is 0.253 e. The maximum absolute atomic E-state index is 10.5. The fraction of sp³-hybridized carbons (Fsp3) is 0.500. The van der Waals surface area contributed by atoms with Gasteiger partial charge in [0.25, 0.3) is 11.8 Å². The number of likely N-dealkylation sites (N-methyl/N-ethyl adjacent to an activating group) is 1. The number of hydrogen-bond acceptors (Lipinski definition) is 4. The SMILES string of the molecule is CC.CN1C(=O)C=CC1=O.CN1C(=O)CCC1=O. The molecule has 100 valence electrons. The van der Waals surface area contributed by atoms with Gasteiger partial charge in [0.2, 0.25) is 11.8 Å². The molecule has 0 atom stereocenters. The van der Waals surface area contributed by atoms with Crippen LogP contribution in [-0.2, 0) is 19.2 Å². The molecule has 0 saturated carbocycles. The molecule has 2 aliphatic rings. The molecule has 0 aromatic rings. The summed E-state index contributed by atoms with van der Waals surface area (Å²) in [6.07, 6.45) is 3.30. The average molecular weight is 254 g/mol. The molecule has 0 aliphatic carbocycles. The number of nitrogens with zero attached hydrogens (tertiary/aromatic N) is 2. The standard InChI is InChI=1S/C5H7NO2.C5H5NO2.C2H6/c2*1-6-4(7)2-3-5(6)8;1-2/h2-3H2,1H3;2-3H,1H3;1-2H3. The van der Waals surface area contributed by atoms with E-state index >= 15 is 0 Å². The summed E-state index contributed by atoms with van der Waals surface area (Å²) >= 11 is 0. The van der Waals surface area contributed by atoms with Gasteiger partial charge in [-0.3, -0.25) is 29.0 Å². The molecular formula is C12H18N2O4. The zero-order valence-corrected chi connectivity index (χ0v) is 11.1. The van der Waals surface area contributed by atoms with E-state index in [0.29, 0.717) is 12.8 Å². The van der Waals surface area contributed by atoms with Crippen LogP contribution in [0.1, 0.15) is 26.7 Å². The third-order valence-electron chi connectivity index (χ3n) is 2.33. The predicted molar refractivity (Wildman–Crippen MR) is 65.3 cm³/mol. The maximum atomic E-state index is 10.5. The van der Waals surface area contributed by atoms with Gasteiger partial charge in [-0.1, -0.05) is 13.8 Å². The first kappa shape index (κ1) is 16.0. The second kappa shape index (κ2) is 7.37. The zero-order valence-electron chi connectivity index (χ0n) is 11.1. The van der Waals surface area contributed by atoms with Crippen LogP contribution in [0.15, 0.2) is 12.2 Å². The molecule has 6 heteroatoms. The van der Waals surface area contributed by atoms with Crippen molar-refractivity contribution < 1.29 is 19.2 Å². The van der Waals surface area contributed by atoms with E-state index in [9.17, 15) is 19.2 Å². The summed E-state index contributed by atoms with van der Waals surface area (Å²) in [4.78, 5) is 44.0. The van der Waals surface area contributed by atoms with Crippen molar-refractivity contribution in [2.75, 3.05) is 14.1 Å². The second-order valence-electron chi connectivity index (χ2n) is 3.42. The highest BCUT2D eigenvalue weighted by Crippen LogP contribution is 2.07. The average Bonchev–Trinajstić information content (AvgIpc) is 2.83. The van der Waals surface area contributed by atoms with Crippen LogP contribution in [0.2, 0.25) is 0 Å². The fourth-order valence-electron chi connectivity index (χ4n) is 1.16. The van der Waals surface area contributed by atoms with Gasteiger partial charge in [0.1, 0.15) is 0 Å². The molecule has 1 saturated heterocycles. The fourth-order valence-corrected chi connectivity index (χ4v) is 1.16. The summed E-state index contributed by atoms with van der Waals surface area (Å²) < 4.78 is 0. The molecule has 0 spiro atoms. The summed E-state index contributed by atoms with van der Waals surface area (Å²) in [5, 5.41) is 0. The molecule has 18 heavy (non-hydrogen) atoms. The van der Waals surface area contributed by atoms with Crippen molar-refractivity contribution in [3.63, 3.8) is 0 Å². The minimum Gasteiger partial charge on any atom is -0.286 e. The van der Waals surface area contributed by atoms with E-state index in [-0.39, 0.29) is 23.6 Å². The van der Waals surface area contributed by atoms with Gasteiger partial charge in [-0.05, 0) is 0 Å². The number of carbonyl (C=O) groups excluding carboxylic acids is 4. The summed E-state index contributed by atoms with van der Waals surface area (Å²) in [7, 11) is 2.96. The van der Waals surface area contributed by atoms with Gasteiger partial charge in [-0.25, -0.2) is 0 Å². The highest BCUT2D eigenvalue weighted by atomic mass is 16.2. The Hall–Kier alpha value is -1.98. The van der Waals surface area contributed by atoms with Crippen LogP contribution >= 0.6 is 0 Å². The van der Waals surface area contributed by atoms with E-state index in [1.807, 2.05) is 13.8 Å². The molecule has 0 unspecified atom stereocenters. The van der Waals surface area contributed by atoms with Crippen LogP contribution in [0.25, 0.3) is 0 Å². The summed E-state index contributed by atoms with van der Waals surface area (Å²) in [6, 6.07) is 0. The molecule has 0 bridgehead atoms. The largest absolute Gasteiger partial charge is 0.286 e. The number of likely N-dealkylation sites (tertiary alicyclic amines) is 1. The van der Waals surface area contributed by atoms with Gasteiger partial charge in [-0.2, -0.15) is 0 Å². The van der Waals surface area contributed by atoms with E-state index in [0.717, 1.165) is 4.90 Å². The number of hydrogen-bond donors (Lipinski definition) is 0. The van der Waals surface area contributed by atoms with Gasteiger partial charge < -0.3 is 0 Å². The quantitative estimate of drug-likeness (QED) is 0.584. The Kier molecular flexibility index (Phi) is 6.56. The van der Waals surface area contributed by atoms with Gasteiger partial charge in [0, 0.05) is 39.1 Å². The lowest BCUT2D eigenvalue weighted by atomic mass is 10.4. The molecule has 0 N–H and O–H groups in total. The molecule has 2 rings (SSSR count). The van der Waals surface area contributed by atoms with Crippen LogP contribution in [0.3, 0.4) is 0 Å². The Morgan fingerprint density at radius 2 is 1.11 bits per heavy atom. The molecular weight excluding hydrogens is 236 g/mol. The van der Waals surface area contributed by atoms with E-state index in [1.54, 1.807) is 0 Å². The third kappa shape index (κ3) is 4.12. The van der Waals surface area contributed by atoms with Crippen LogP contribution in [-0.4, -0.2) is 47.5 Å². The molecule has 0 aromatic carbocycles. The maximum Gasteiger partial charge on any atom is 0.253 e. The highest BCUT2D eigenvalue weighted by Gasteiger charge is 2.24. The summed E-state index contributed by atoms with van der Waals surface area (Å²) in [5.41, 5.74) is 0. The molecule has 4 amide bonds. The zero-order chi connectivity index (χ0) is 14.3. The molecule has 6 nitrogen and oxygen atoms in total. The van der Waals surface area contributed by atoms with Crippen molar-refractivity contribution in [1.29, 1.82) is 0 Å². The van der Waals surface area contributed by atoms with Crippen LogP contribution in [0.4, 0.5) is 0 Å². The number of carbonyl (C=O) groups is 4. The molecule has 0 radical (unpaired) electrons. The third-order valence-corrected chi connectivity index (χ3v) is 2.33. The van der Waals surface area contributed by atoms with Crippen LogP contribution < -0.4 is 0 Å². The van der Waals surface area contributed by atoms with Crippen molar-refractivity contribution >= 4 is 23.6 Å². The van der Waals surface area contributed by atoms with E-state index in [1.165, 1.54) is 31.1 Å². The van der Waals surface area contributed by atoms with E-state index < -0.39 is 0 Å². The summed E-state index contributed by atoms with van der Waals surface area (Å²) in [6.45, 7) is 4.00. The Morgan fingerprint density at radius 1 is 0.778 bits per heavy atom. The van der Waals surface area contributed by atoms with Crippen molar-refractivity contribution in [2.24, 2.45) is 0 Å². The first-order valence-corrected chi connectivity index (χ1v) is 5.72.